The van der Waals surface area contributed by atoms with Crippen molar-refractivity contribution in [3.63, 3.8) is 0 Å². The van der Waals surface area contributed by atoms with Crippen LogP contribution in [-0.2, 0) is 0 Å². The summed E-state index contributed by atoms with van der Waals surface area (Å²) in [5, 5.41) is 9.29. The summed E-state index contributed by atoms with van der Waals surface area (Å²) in [6.45, 7) is 0. The SMILES string of the molecule is O[C@@H]1C=C[C@@H](c2ccccc2)CC1. The summed E-state index contributed by atoms with van der Waals surface area (Å²) in [5.74, 6) is 0.504. The number of benzene rings is 1. The molecule has 2 atom stereocenters. The summed E-state index contributed by atoms with van der Waals surface area (Å²) >= 11 is 0. The fraction of sp³-hybridized carbons (Fsp3) is 0.333. The minimum absolute atomic E-state index is 0.222. The summed E-state index contributed by atoms with van der Waals surface area (Å²) < 4.78 is 0. The van der Waals surface area contributed by atoms with Crippen molar-refractivity contribution in [2.45, 2.75) is 24.9 Å². The van der Waals surface area contributed by atoms with Crippen LogP contribution in [0, 0.1) is 0 Å². The molecule has 1 heteroatoms. The van der Waals surface area contributed by atoms with Gasteiger partial charge in [-0.3, -0.25) is 0 Å². The average Bonchev–Trinajstić information content (AvgIpc) is 2.20. The van der Waals surface area contributed by atoms with Crippen molar-refractivity contribution >= 4 is 0 Å². The summed E-state index contributed by atoms with van der Waals surface area (Å²) in [6.07, 6.45) is 5.74. The van der Waals surface area contributed by atoms with Gasteiger partial charge in [0, 0.05) is 5.92 Å². The third-order valence-corrected chi connectivity index (χ3v) is 2.57. The summed E-state index contributed by atoms with van der Waals surface area (Å²) in [7, 11) is 0. The molecule has 1 aliphatic rings. The molecule has 0 fully saturated rings. The molecule has 0 aromatic heterocycles. The van der Waals surface area contributed by atoms with Crippen LogP contribution in [0.15, 0.2) is 42.5 Å². The molecular weight excluding hydrogens is 160 g/mol. The molecule has 0 saturated heterocycles. The molecule has 1 aromatic rings. The molecule has 1 nitrogen and oxygen atoms in total. The smallest absolute Gasteiger partial charge is 0.0721 e. The predicted octanol–water partition coefficient (Wildman–Crippen LogP) is 2.48. The summed E-state index contributed by atoms with van der Waals surface area (Å²) in [4.78, 5) is 0. The van der Waals surface area contributed by atoms with Crippen molar-refractivity contribution in [3.05, 3.63) is 48.0 Å². The fourth-order valence-corrected chi connectivity index (χ4v) is 1.78. The highest BCUT2D eigenvalue weighted by atomic mass is 16.3. The first kappa shape index (κ1) is 8.52. The van der Waals surface area contributed by atoms with Crippen molar-refractivity contribution in [1.29, 1.82) is 0 Å². The summed E-state index contributed by atoms with van der Waals surface area (Å²) in [6, 6.07) is 10.5. The second-order valence-electron chi connectivity index (χ2n) is 3.55. The molecule has 0 saturated carbocycles. The molecule has 1 aliphatic carbocycles. The molecule has 68 valence electrons. The monoisotopic (exact) mass is 174 g/mol. The lowest BCUT2D eigenvalue weighted by atomic mass is 9.88. The molecule has 2 rings (SSSR count). The van der Waals surface area contributed by atoms with Gasteiger partial charge in [-0.05, 0) is 18.4 Å². The fourth-order valence-electron chi connectivity index (χ4n) is 1.78. The van der Waals surface area contributed by atoms with Gasteiger partial charge in [-0.25, -0.2) is 0 Å². The molecular formula is C12H14O. The number of hydrogen-bond acceptors (Lipinski definition) is 1. The Morgan fingerprint density at radius 3 is 2.38 bits per heavy atom. The van der Waals surface area contributed by atoms with Gasteiger partial charge in [0.2, 0.25) is 0 Å². The van der Waals surface area contributed by atoms with Gasteiger partial charge in [-0.2, -0.15) is 0 Å². The van der Waals surface area contributed by atoms with E-state index in [1.165, 1.54) is 5.56 Å². The molecule has 0 spiro atoms. The third-order valence-electron chi connectivity index (χ3n) is 2.57. The lowest BCUT2D eigenvalue weighted by Crippen LogP contribution is -2.10. The molecule has 0 radical (unpaired) electrons. The molecule has 1 N–H and O–H groups in total. The van der Waals surface area contributed by atoms with Crippen LogP contribution in [0.3, 0.4) is 0 Å². The number of aliphatic hydroxyl groups excluding tert-OH is 1. The Kier molecular flexibility index (Phi) is 2.46. The quantitative estimate of drug-likeness (QED) is 0.648. The van der Waals surface area contributed by atoms with Crippen molar-refractivity contribution in [3.8, 4) is 0 Å². The number of allylic oxidation sites excluding steroid dienone is 1. The van der Waals surface area contributed by atoms with Crippen molar-refractivity contribution < 1.29 is 5.11 Å². The number of aliphatic hydroxyl groups is 1. The van der Waals surface area contributed by atoms with Crippen LogP contribution in [0.4, 0.5) is 0 Å². The van der Waals surface area contributed by atoms with Crippen LogP contribution < -0.4 is 0 Å². The Hall–Kier alpha value is -1.08. The van der Waals surface area contributed by atoms with Gasteiger partial charge in [0.05, 0.1) is 6.10 Å². The van der Waals surface area contributed by atoms with Crippen LogP contribution >= 0.6 is 0 Å². The van der Waals surface area contributed by atoms with Gasteiger partial charge in [0.1, 0.15) is 0 Å². The molecule has 13 heavy (non-hydrogen) atoms. The average molecular weight is 174 g/mol. The normalized spacial score (nSPS) is 27.5. The van der Waals surface area contributed by atoms with Gasteiger partial charge in [0.15, 0.2) is 0 Å². The highest BCUT2D eigenvalue weighted by molar-refractivity contribution is 5.25. The first-order valence-electron chi connectivity index (χ1n) is 4.77. The lowest BCUT2D eigenvalue weighted by molar-refractivity contribution is 0.201. The van der Waals surface area contributed by atoms with E-state index in [1.807, 2.05) is 12.1 Å². The first-order chi connectivity index (χ1) is 6.36. The van der Waals surface area contributed by atoms with Crippen LogP contribution in [0.5, 0.6) is 0 Å². The third kappa shape index (κ3) is 1.99. The van der Waals surface area contributed by atoms with E-state index in [1.54, 1.807) is 0 Å². The molecule has 1 aromatic carbocycles. The maximum atomic E-state index is 9.29. The van der Waals surface area contributed by atoms with Crippen LogP contribution in [0.2, 0.25) is 0 Å². The maximum Gasteiger partial charge on any atom is 0.0721 e. The second kappa shape index (κ2) is 3.75. The largest absolute Gasteiger partial charge is 0.389 e. The first-order valence-corrected chi connectivity index (χ1v) is 4.77. The topological polar surface area (TPSA) is 20.2 Å². The van der Waals surface area contributed by atoms with Crippen molar-refractivity contribution in [1.82, 2.24) is 0 Å². The zero-order chi connectivity index (χ0) is 9.10. The maximum absolute atomic E-state index is 9.29. The van der Waals surface area contributed by atoms with E-state index in [0.29, 0.717) is 5.92 Å². The summed E-state index contributed by atoms with van der Waals surface area (Å²) in [5.41, 5.74) is 1.35. The van der Waals surface area contributed by atoms with E-state index in [4.69, 9.17) is 0 Å². The van der Waals surface area contributed by atoms with Gasteiger partial charge in [-0.1, -0.05) is 42.5 Å². The Bertz CT molecular complexity index is 289. The predicted molar refractivity (Wildman–Crippen MR) is 53.6 cm³/mol. The van der Waals surface area contributed by atoms with Crippen molar-refractivity contribution in [2.75, 3.05) is 0 Å². The Labute approximate surface area is 78.7 Å². The van der Waals surface area contributed by atoms with Gasteiger partial charge in [0.25, 0.3) is 0 Å². The van der Waals surface area contributed by atoms with Gasteiger partial charge in [-0.15, -0.1) is 0 Å². The molecule has 0 heterocycles. The lowest BCUT2D eigenvalue weighted by Gasteiger charge is -2.19. The highest BCUT2D eigenvalue weighted by Crippen LogP contribution is 2.27. The molecule has 0 amide bonds. The Balaban J connectivity index is 2.15. The van der Waals surface area contributed by atoms with E-state index in [2.05, 4.69) is 30.3 Å². The molecule has 0 unspecified atom stereocenters. The van der Waals surface area contributed by atoms with Gasteiger partial charge >= 0.3 is 0 Å². The number of rotatable bonds is 1. The highest BCUT2D eigenvalue weighted by Gasteiger charge is 2.14. The number of hydrogen-bond donors (Lipinski definition) is 1. The molecule has 0 bridgehead atoms. The van der Waals surface area contributed by atoms with E-state index < -0.39 is 0 Å². The minimum Gasteiger partial charge on any atom is -0.389 e. The zero-order valence-electron chi connectivity index (χ0n) is 7.56. The van der Waals surface area contributed by atoms with E-state index in [-0.39, 0.29) is 6.10 Å². The zero-order valence-corrected chi connectivity index (χ0v) is 7.56. The van der Waals surface area contributed by atoms with Crippen LogP contribution in [0.25, 0.3) is 0 Å². The standard InChI is InChI=1S/C12H14O/c13-12-8-6-11(7-9-12)10-4-2-1-3-5-10/h1-6,8,11-13H,7,9H2/t11-,12-/m1/s1. The Morgan fingerprint density at radius 1 is 1.00 bits per heavy atom. The van der Waals surface area contributed by atoms with Gasteiger partial charge < -0.3 is 5.11 Å². The van der Waals surface area contributed by atoms with E-state index in [9.17, 15) is 5.11 Å². The van der Waals surface area contributed by atoms with Crippen molar-refractivity contribution in [2.24, 2.45) is 0 Å². The van der Waals surface area contributed by atoms with E-state index in [0.717, 1.165) is 12.8 Å². The molecule has 0 aliphatic heterocycles. The van der Waals surface area contributed by atoms with Crippen LogP contribution in [0.1, 0.15) is 24.3 Å². The van der Waals surface area contributed by atoms with Crippen LogP contribution in [-0.4, -0.2) is 11.2 Å². The Morgan fingerprint density at radius 2 is 1.77 bits per heavy atom. The minimum atomic E-state index is -0.222. The second-order valence-corrected chi connectivity index (χ2v) is 3.55. The van der Waals surface area contributed by atoms with E-state index >= 15 is 0 Å².